The zero-order valence-electron chi connectivity index (χ0n) is 18.0. The Morgan fingerprint density at radius 3 is 2.42 bits per heavy atom. The van der Waals surface area contributed by atoms with Gasteiger partial charge in [0.25, 0.3) is 0 Å². The molecule has 1 amide bonds. The molecule has 2 aromatic rings. The van der Waals surface area contributed by atoms with E-state index >= 15 is 0 Å². The third kappa shape index (κ3) is 5.72. The van der Waals surface area contributed by atoms with Gasteiger partial charge < -0.3 is 14.8 Å². The van der Waals surface area contributed by atoms with Crippen molar-refractivity contribution in [2.45, 2.75) is 24.7 Å². The van der Waals surface area contributed by atoms with Gasteiger partial charge >= 0.3 is 0 Å². The Kier molecular flexibility index (Phi) is 7.48. The number of sulfonamides is 1. The molecule has 0 spiro atoms. The topological polar surface area (TPSA) is 84.9 Å². The summed E-state index contributed by atoms with van der Waals surface area (Å²) in [5.41, 5.74) is 2.42. The molecule has 1 N–H and O–H groups in total. The molecule has 8 heteroatoms. The Bertz CT molecular complexity index is 1040. The van der Waals surface area contributed by atoms with E-state index in [4.69, 9.17) is 9.47 Å². The molecule has 7 nitrogen and oxygen atoms in total. The number of nitrogens with zero attached hydrogens (tertiary/aromatic N) is 1. The van der Waals surface area contributed by atoms with Crippen molar-refractivity contribution >= 4 is 27.7 Å². The van der Waals surface area contributed by atoms with Crippen molar-refractivity contribution < 1.29 is 22.7 Å². The summed E-state index contributed by atoms with van der Waals surface area (Å²) in [6, 6.07) is 12.4. The molecule has 1 saturated heterocycles. The summed E-state index contributed by atoms with van der Waals surface area (Å²) in [6.07, 6.45) is 3.12. The number of methoxy groups -OCH3 is 1. The highest BCUT2D eigenvalue weighted by molar-refractivity contribution is 7.89. The van der Waals surface area contributed by atoms with Crippen LogP contribution in [0.5, 0.6) is 5.75 Å². The number of ether oxygens (including phenoxy) is 2. The molecule has 31 heavy (non-hydrogen) atoms. The Balaban J connectivity index is 1.76. The Morgan fingerprint density at radius 2 is 1.81 bits per heavy atom. The van der Waals surface area contributed by atoms with Gasteiger partial charge in [-0.25, -0.2) is 8.42 Å². The molecule has 2 aromatic carbocycles. The van der Waals surface area contributed by atoms with Gasteiger partial charge in [-0.05, 0) is 41.3 Å². The van der Waals surface area contributed by atoms with Gasteiger partial charge in [-0.1, -0.05) is 38.1 Å². The van der Waals surface area contributed by atoms with Crippen LogP contribution in [-0.4, -0.2) is 52.0 Å². The van der Waals surface area contributed by atoms with Gasteiger partial charge in [0.1, 0.15) is 5.75 Å². The van der Waals surface area contributed by atoms with E-state index in [0.717, 1.165) is 5.56 Å². The van der Waals surface area contributed by atoms with Crippen molar-refractivity contribution in [3.8, 4) is 5.75 Å². The summed E-state index contributed by atoms with van der Waals surface area (Å²) >= 11 is 0. The monoisotopic (exact) mass is 444 g/mol. The maximum atomic E-state index is 12.9. The van der Waals surface area contributed by atoms with E-state index in [-0.39, 0.29) is 10.8 Å². The van der Waals surface area contributed by atoms with E-state index in [1.165, 1.54) is 41.3 Å². The molecule has 0 radical (unpaired) electrons. The molecule has 0 saturated carbocycles. The van der Waals surface area contributed by atoms with Crippen LogP contribution in [0.1, 0.15) is 30.9 Å². The van der Waals surface area contributed by atoms with Crippen molar-refractivity contribution in [1.82, 2.24) is 4.31 Å². The minimum Gasteiger partial charge on any atom is -0.495 e. The van der Waals surface area contributed by atoms with Crippen LogP contribution in [0.2, 0.25) is 0 Å². The van der Waals surface area contributed by atoms with Crippen LogP contribution in [0.15, 0.2) is 53.4 Å². The van der Waals surface area contributed by atoms with Crippen LogP contribution in [0.4, 0.5) is 5.69 Å². The van der Waals surface area contributed by atoms with Gasteiger partial charge in [-0.3, -0.25) is 4.79 Å². The number of hydrogen-bond donors (Lipinski definition) is 1. The standard InChI is InChI=1S/C23H28N2O5S/c1-17(2)19-7-4-18(5-8-19)6-11-23(26)24-21-16-20(9-10-22(21)29-3)31(27,28)25-12-14-30-15-13-25/h4-11,16-17H,12-15H2,1-3H3,(H,24,26)/b11-6+. The molecular formula is C23H28N2O5S. The van der Waals surface area contributed by atoms with Crippen LogP contribution < -0.4 is 10.1 Å². The van der Waals surface area contributed by atoms with Gasteiger partial charge in [0.05, 0.1) is 30.9 Å². The number of morpholine rings is 1. The maximum Gasteiger partial charge on any atom is 0.248 e. The summed E-state index contributed by atoms with van der Waals surface area (Å²) < 4.78 is 37.7. The quantitative estimate of drug-likeness (QED) is 0.661. The maximum absolute atomic E-state index is 12.9. The summed E-state index contributed by atoms with van der Waals surface area (Å²) in [4.78, 5) is 12.6. The van der Waals surface area contributed by atoms with Crippen LogP contribution in [-0.2, 0) is 19.6 Å². The molecule has 1 heterocycles. The molecule has 0 atom stereocenters. The lowest BCUT2D eigenvalue weighted by Crippen LogP contribution is -2.40. The zero-order chi connectivity index (χ0) is 22.4. The summed E-state index contributed by atoms with van der Waals surface area (Å²) in [6.45, 7) is 5.57. The number of amides is 1. The number of hydrogen-bond acceptors (Lipinski definition) is 5. The normalized spacial score (nSPS) is 15.4. The molecule has 166 valence electrons. The predicted octanol–water partition coefficient (Wildman–Crippen LogP) is 3.49. The van der Waals surface area contributed by atoms with Crippen molar-refractivity contribution in [3.05, 3.63) is 59.7 Å². The molecule has 1 aliphatic rings. The second-order valence-electron chi connectivity index (χ2n) is 7.52. The highest BCUT2D eigenvalue weighted by Gasteiger charge is 2.27. The number of carbonyl (C=O) groups excluding carboxylic acids is 1. The van der Waals surface area contributed by atoms with Crippen LogP contribution in [0.25, 0.3) is 6.08 Å². The van der Waals surface area contributed by atoms with E-state index in [1.54, 1.807) is 6.08 Å². The molecule has 0 bridgehead atoms. The molecule has 3 rings (SSSR count). The minimum atomic E-state index is -3.68. The van der Waals surface area contributed by atoms with E-state index in [0.29, 0.717) is 43.7 Å². The second-order valence-corrected chi connectivity index (χ2v) is 9.46. The Labute approximate surface area is 183 Å². The molecule has 0 unspecified atom stereocenters. The zero-order valence-corrected chi connectivity index (χ0v) is 18.8. The van der Waals surface area contributed by atoms with Crippen molar-refractivity contribution in [3.63, 3.8) is 0 Å². The van der Waals surface area contributed by atoms with Crippen LogP contribution in [0.3, 0.4) is 0 Å². The van der Waals surface area contributed by atoms with Gasteiger partial charge in [0.15, 0.2) is 0 Å². The third-order valence-corrected chi connectivity index (χ3v) is 6.96. The molecular weight excluding hydrogens is 416 g/mol. The average Bonchev–Trinajstić information content (AvgIpc) is 2.78. The fraction of sp³-hybridized carbons (Fsp3) is 0.348. The lowest BCUT2D eigenvalue weighted by atomic mass is 10.0. The minimum absolute atomic E-state index is 0.0961. The number of rotatable bonds is 7. The lowest BCUT2D eigenvalue weighted by Gasteiger charge is -2.26. The predicted molar refractivity (Wildman–Crippen MR) is 121 cm³/mol. The first-order chi connectivity index (χ1) is 14.8. The largest absolute Gasteiger partial charge is 0.495 e. The average molecular weight is 445 g/mol. The second kappa shape index (κ2) is 10.1. The Morgan fingerprint density at radius 1 is 1.13 bits per heavy atom. The molecule has 1 fully saturated rings. The number of anilines is 1. The van der Waals surface area contributed by atoms with Crippen molar-refractivity contribution in [2.75, 3.05) is 38.7 Å². The van der Waals surface area contributed by atoms with E-state index in [9.17, 15) is 13.2 Å². The van der Waals surface area contributed by atoms with Crippen LogP contribution in [0, 0.1) is 0 Å². The van der Waals surface area contributed by atoms with Gasteiger partial charge in [0, 0.05) is 19.2 Å². The number of carbonyl (C=O) groups is 1. The summed E-state index contributed by atoms with van der Waals surface area (Å²) in [5.74, 6) is 0.436. The highest BCUT2D eigenvalue weighted by atomic mass is 32.2. The molecule has 0 aliphatic carbocycles. The fourth-order valence-corrected chi connectivity index (χ4v) is 4.65. The molecule has 1 aliphatic heterocycles. The third-order valence-electron chi connectivity index (χ3n) is 5.07. The van der Waals surface area contributed by atoms with Gasteiger partial charge in [-0.2, -0.15) is 4.31 Å². The summed E-state index contributed by atoms with van der Waals surface area (Å²) in [5, 5.41) is 2.72. The van der Waals surface area contributed by atoms with E-state index in [2.05, 4.69) is 19.2 Å². The number of nitrogens with one attached hydrogen (secondary N) is 1. The first-order valence-electron chi connectivity index (χ1n) is 10.2. The number of benzene rings is 2. The lowest BCUT2D eigenvalue weighted by molar-refractivity contribution is -0.111. The first-order valence-corrected chi connectivity index (χ1v) is 11.6. The van der Waals surface area contributed by atoms with E-state index in [1.807, 2.05) is 24.3 Å². The van der Waals surface area contributed by atoms with Crippen LogP contribution >= 0.6 is 0 Å². The van der Waals surface area contributed by atoms with Gasteiger partial charge in [0.2, 0.25) is 15.9 Å². The van der Waals surface area contributed by atoms with Crippen molar-refractivity contribution in [2.24, 2.45) is 0 Å². The highest BCUT2D eigenvalue weighted by Crippen LogP contribution is 2.29. The molecule has 0 aromatic heterocycles. The SMILES string of the molecule is COc1ccc(S(=O)(=O)N2CCOCC2)cc1NC(=O)/C=C/c1ccc(C(C)C)cc1. The van der Waals surface area contributed by atoms with Crippen molar-refractivity contribution in [1.29, 1.82) is 0 Å². The van der Waals surface area contributed by atoms with E-state index < -0.39 is 10.0 Å². The smallest absolute Gasteiger partial charge is 0.248 e. The fourth-order valence-electron chi connectivity index (χ4n) is 3.22. The Hall–Kier alpha value is -2.68. The summed E-state index contributed by atoms with van der Waals surface area (Å²) in [7, 11) is -2.22. The first kappa shape index (κ1) is 23.0. The van der Waals surface area contributed by atoms with Gasteiger partial charge in [-0.15, -0.1) is 0 Å².